The molecule has 0 N–H and O–H groups in total. The van der Waals surface area contributed by atoms with Crippen molar-refractivity contribution in [2.45, 2.75) is 46.6 Å². The van der Waals surface area contributed by atoms with Crippen LogP contribution in [0, 0.1) is 6.92 Å². The summed E-state index contributed by atoms with van der Waals surface area (Å²) in [6.07, 6.45) is 5.32. The number of nitrogens with zero attached hydrogens (tertiary/aromatic N) is 2. The van der Waals surface area contributed by atoms with Crippen molar-refractivity contribution in [2.75, 3.05) is 11.4 Å². The third-order valence-electron chi connectivity index (χ3n) is 4.90. The number of halogens is 1. The van der Waals surface area contributed by atoms with Crippen molar-refractivity contribution < 1.29 is 0 Å². The van der Waals surface area contributed by atoms with Gasteiger partial charge in [-0.15, -0.1) is 0 Å². The molecular weight excluding hydrogens is 340 g/mol. The van der Waals surface area contributed by atoms with Crippen LogP contribution in [0.3, 0.4) is 0 Å². The lowest BCUT2D eigenvalue weighted by Crippen LogP contribution is -2.45. The maximum Gasteiger partial charge on any atom is 0.0632 e. The number of anilines is 1. The first-order valence-electron chi connectivity index (χ1n) is 9.23. The zero-order chi connectivity index (χ0) is 18.9. The van der Waals surface area contributed by atoms with Gasteiger partial charge >= 0.3 is 0 Å². The predicted octanol–water partition coefficient (Wildman–Crippen LogP) is 6.81. The number of aryl methyl sites for hydroxylation is 1. The Hall–Kier alpha value is -2.06. The number of benzene rings is 2. The molecule has 0 unspecified atom stereocenters. The normalized spacial score (nSPS) is 15.9. The maximum absolute atomic E-state index is 6.63. The summed E-state index contributed by atoms with van der Waals surface area (Å²) in [6, 6.07) is 12.4. The van der Waals surface area contributed by atoms with Crippen LogP contribution in [-0.4, -0.2) is 18.3 Å². The molecule has 0 radical (unpaired) electrons. The van der Waals surface area contributed by atoms with Gasteiger partial charge in [0.05, 0.1) is 16.2 Å². The van der Waals surface area contributed by atoms with Crippen LogP contribution in [-0.2, 0) is 0 Å². The van der Waals surface area contributed by atoms with E-state index in [1.807, 2.05) is 18.3 Å². The van der Waals surface area contributed by atoms with Crippen molar-refractivity contribution in [2.24, 2.45) is 4.99 Å². The summed E-state index contributed by atoms with van der Waals surface area (Å²) in [4.78, 5) is 7.06. The molecular formula is C23H27ClN2. The quantitative estimate of drug-likeness (QED) is 0.542. The Balaban J connectivity index is 2.03. The molecule has 0 fully saturated rings. The van der Waals surface area contributed by atoms with Crippen molar-refractivity contribution in [3.05, 3.63) is 64.2 Å². The minimum absolute atomic E-state index is 0.00636. The standard InChI is InChI=1S/C23H27ClN2/c1-6-10-26-22-13-21(24)18(12-20(22)17(3)14-23(26,4)5)15-25-19-9-7-8-16(2)11-19/h7-9,11-15H,6,10H2,1-5H3. The van der Waals surface area contributed by atoms with Gasteiger partial charge in [-0.05, 0) is 69.5 Å². The van der Waals surface area contributed by atoms with E-state index in [1.165, 1.54) is 22.4 Å². The molecule has 0 aromatic heterocycles. The van der Waals surface area contributed by atoms with Gasteiger partial charge in [0.2, 0.25) is 0 Å². The van der Waals surface area contributed by atoms with Crippen LogP contribution in [0.2, 0.25) is 5.02 Å². The Labute approximate surface area is 162 Å². The molecule has 2 aromatic carbocycles. The minimum Gasteiger partial charge on any atom is -0.362 e. The van der Waals surface area contributed by atoms with Gasteiger partial charge in [0.1, 0.15) is 0 Å². The second-order valence-electron chi connectivity index (χ2n) is 7.62. The van der Waals surface area contributed by atoms with E-state index in [2.05, 4.69) is 74.9 Å². The summed E-state index contributed by atoms with van der Waals surface area (Å²) in [6.45, 7) is 12.0. The monoisotopic (exact) mass is 366 g/mol. The molecule has 1 aliphatic rings. The minimum atomic E-state index is -0.00636. The van der Waals surface area contributed by atoms with Crippen LogP contribution >= 0.6 is 11.6 Å². The van der Waals surface area contributed by atoms with Gasteiger partial charge in [0.15, 0.2) is 0 Å². The van der Waals surface area contributed by atoms with Crippen molar-refractivity contribution >= 4 is 34.8 Å². The third-order valence-corrected chi connectivity index (χ3v) is 5.22. The van der Waals surface area contributed by atoms with Crippen molar-refractivity contribution in [1.29, 1.82) is 0 Å². The first kappa shape index (κ1) is 18.7. The van der Waals surface area contributed by atoms with E-state index in [0.29, 0.717) is 0 Å². The molecule has 26 heavy (non-hydrogen) atoms. The summed E-state index contributed by atoms with van der Waals surface area (Å²) in [7, 11) is 0. The molecule has 0 saturated heterocycles. The first-order valence-corrected chi connectivity index (χ1v) is 9.61. The van der Waals surface area contributed by atoms with E-state index >= 15 is 0 Å². The molecule has 1 heterocycles. The number of allylic oxidation sites excluding steroid dienone is 1. The molecule has 0 bridgehead atoms. The molecule has 2 aromatic rings. The van der Waals surface area contributed by atoms with Crippen LogP contribution in [0.1, 0.15) is 50.8 Å². The molecule has 0 aliphatic carbocycles. The smallest absolute Gasteiger partial charge is 0.0632 e. The average Bonchev–Trinajstić information content (AvgIpc) is 2.57. The second kappa shape index (κ2) is 7.28. The lowest BCUT2D eigenvalue weighted by Gasteiger charge is -2.43. The Bertz CT molecular complexity index is 878. The Morgan fingerprint density at radius 2 is 1.92 bits per heavy atom. The summed E-state index contributed by atoms with van der Waals surface area (Å²) in [5, 5.41) is 0.742. The van der Waals surface area contributed by atoms with Gasteiger partial charge < -0.3 is 4.90 Å². The van der Waals surface area contributed by atoms with E-state index in [-0.39, 0.29) is 5.54 Å². The molecule has 0 atom stereocenters. The fourth-order valence-corrected chi connectivity index (χ4v) is 3.90. The van der Waals surface area contributed by atoms with Crippen LogP contribution in [0.4, 0.5) is 11.4 Å². The Kier molecular flexibility index (Phi) is 5.24. The van der Waals surface area contributed by atoms with Crippen LogP contribution in [0.25, 0.3) is 5.57 Å². The van der Waals surface area contributed by atoms with E-state index in [0.717, 1.165) is 29.2 Å². The van der Waals surface area contributed by atoms with Gasteiger partial charge in [-0.1, -0.05) is 36.7 Å². The van der Waals surface area contributed by atoms with Gasteiger partial charge in [-0.2, -0.15) is 0 Å². The van der Waals surface area contributed by atoms with E-state index in [1.54, 1.807) is 0 Å². The van der Waals surface area contributed by atoms with Gasteiger partial charge in [0.25, 0.3) is 0 Å². The fraction of sp³-hybridized carbons (Fsp3) is 0.348. The lowest BCUT2D eigenvalue weighted by atomic mass is 9.88. The van der Waals surface area contributed by atoms with Crippen LogP contribution in [0.15, 0.2) is 47.5 Å². The number of rotatable bonds is 4. The average molecular weight is 367 g/mol. The van der Waals surface area contributed by atoms with Gasteiger partial charge in [-0.25, -0.2) is 0 Å². The van der Waals surface area contributed by atoms with Gasteiger partial charge in [-0.3, -0.25) is 4.99 Å². The Morgan fingerprint density at radius 3 is 2.62 bits per heavy atom. The molecule has 136 valence electrons. The van der Waals surface area contributed by atoms with Crippen LogP contribution < -0.4 is 4.90 Å². The number of fused-ring (bicyclic) bond motifs is 1. The SMILES string of the molecule is CCCN1c2cc(Cl)c(C=Nc3cccc(C)c3)cc2C(C)=CC1(C)C. The summed E-state index contributed by atoms with van der Waals surface area (Å²) in [5.74, 6) is 0. The zero-order valence-corrected chi connectivity index (χ0v) is 17.1. The molecule has 1 aliphatic heterocycles. The molecule has 0 spiro atoms. The topological polar surface area (TPSA) is 15.6 Å². The Morgan fingerprint density at radius 1 is 1.15 bits per heavy atom. The van der Waals surface area contributed by atoms with E-state index in [4.69, 9.17) is 11.6 Å². The molecule has 2 nitrogen and oxygen atoms in total. The maximum atomic E-state index is 6.63. The molecule has 3 rings (SSSR count). The predicted molar refractivity (Wildman–Crippen MR) is 115 cm³/mol. The summed E-state index contributed by atoms with van der Waals surface area (Å²) >= 11 is 6.63. The van der Waals surface area contributed by atoms with Crippen molar-refractivity contribution in [3.63, 3.8) is 0 Å². The van der Waals surface area contributed by atoms with E-state index in [9.17, 15) is 0 Å². The first-order chi connectivity index (χ1) is 12.3. The molecule has 0 saturated carbocycles. The fourth-order valence-electron chi connectivity index (χ4n) is 3.70. The summed E-state index contributed by atoms with van der Waals surface area (Å²) < 4.78 is 0. The molecule has 0 amide bonds. The molecule has 3 heteroatoms. The second-order valence-corrected chi connectivity index (χ2v) is 8.03. The third kappa shape index (κ3) is 3.71. The highest BCUT2D eigenvalue weighted by Crippen LogP contribution is 2.41. The number of hydrogen-bond donors (Lipinski definition) is 0. The van der Waals surface area contributed by atoms with Crippen molar-refractivity contribution in [1.82, 2.24) is 0 Å². The highest BCUT2D eigenvalue weighted by molar-refractivity contribution is 6.33. The summed E-state index contributed by atoms with van der Waals surface area (Å²) in [5.41, 5.74) is 6.85. The highest BCUT2D eigenvalue weighted by Gasteiger charge is 2.31. The van der Waals surface area contributed by atoms with Gasteiger partial charge in [0, 0.05) is 29.6 Å². The highest BCUT2D eigenvalue weighted by atomic mass is 35.5. The van der Waals surface area contributed by atoms with E-state index < -0.39 is 0 Å². The number of hydrogen-bond acceptors (Lipinski definition) is 2. The van der Waals surface area contributed by atoms with Crippen LogP contribution in [0.5, 0.6) is 0 Å². The number of aliphatic imine (C=N–C) groups is 1. The lowest BCUT2D eigenvalue weighted by molar-refractivity contribution is 0.550. The largest absolute Gasteiger partial charge is 0.362 e. The van der Waals surface area contributed by atoms with Crippen molar-refractivity contribution in [3.8, 4) is 0 Å². The zero-order valence-electron chi connectivity index (χ0n) is 16.3.